The Morgan fingerprint density at radius 1 is 1.29 bits per heavy atom. The highest BCUT2D eigenvalue weighted by Gasteiger charge is 2.20. The van der Waals surface area contributed by atoms with Crippen LogP contribution in [0, 0.1) is 6.92 Å². The number of carboxylic acid groups (broad SMARTS) is 1. The predicted octanol–water partition coefficient (Wildman–Crippen LogP) is 4.64. The second kappa shape index (κ2) is 11.3. The normalized spacial score (nSPS) is 11.9. The lowest BCUT2D eigenvalue weighted by atomic mass is 10.1. The van der Waals surface area contributed by atoms with Crippen LogP contribution in [-0.4, -0.2) is 36.2 Å². The Kier molecular flexibility index (Phi) is 9.15. The smallest absolute Gasteiger partial charge is 0.320 e. The number of aliphatic carboxylic acids is 1. The molecule has 5 nitrogen and oxygen atoms in total. The van der Waals surface area contributed by atoms with E-state index in [4.69, 9.17) is 9.47 Å². The number of thioether (sulfide) groups is 1. The SMILES string of the molecule is COc1ccc(Br)c(CNC(CCSC)C(=O)O)c1OCc1ccccc1C. The molecule has 0 bridgehead atoms. The molecule has 0 amide bonds. The number of halogens is 1. The molecule has 1 unspecified atom stereocenters. The number of carbonyl (C=O) groups is 1. The van der Waals surface area contributed by atoms with Crippen molar-refractivity contribution in [3.63, 3.8) is 0 Å². The maximum Gasteiger partial charge on any atom is 0.320 e. The van der Waals surface area contributed by atoms with Gasteiger partial charge >= 0.3 is 5.97 Å². The Labute approximate surface area is 178 Å². The van der Waals surface area contributed by atoms with Gasteiger partial charge in [-0.25, -0.2) is 0 Å². The Hall–Kier alpha value is -1.70. The minimum absolute atomic E-state index is 0.353. The average Bonchev–Trinajstić information content (AvgIpc) is 2.68. The summed E-state index contributed by atoms with van der Waals surface area (Å²) in [6, 6.07) is 11.2. The Bertz CT molecular complexity index is 800. The molecule has 2 aromatic rings. The van der Waals surface area contributed by atoms with Crippen molar-refractivity contribution in [2.75, 3.05) is 19.1 Å². The molecule has 28 heavy (non-hydrogen) atoms. The van der Waals surface area contributed by atoms with Gasteiger partial charge in [0.15, 0.2) is 11.5 Å². The molecule has 0 heterocycles. The summed E-state index contributed by atoms with van der Waals surface area (Å²) in [4.78, 5) is 11.5. The number of ether oxygens (including phenoxy) is 2. The van der Waals surface area contributed by atoms with Crippen LogP contribution in [0.15, 0.2) is 40.9 Å². The highest BCUT2D eigenvalue weighted by atomic mass is 79.9. The first kappa shape index (κ1) is 22.6. The van der Waals surface area contributed by atoms with Crippen LogP contribution in [0.3, 0.4) is 0 Å². The number of methoxy groups -OCH3 is 1. The summed E-state index contributed by atoms with van der Waals surface area (Å²) >= 11 is 5.20. The maximum absolute atomic E-state index is 11.5. The number of aryl methyl sites for hydroxylation is 1. The van der Waals surface area contributed by atoms with E-state index < -0.39 is 12.0 Å². The van der Waals surface area contributed by atoms with Gasteiger partial charge in [0.1, 0.15) is 12.6 Å². The monoisotopic (exact) mass is 467 g/mol. The van der Waals surface area contributed by atoms with Crippen LogP contribution >= 0.6 is 27.7 Å². The number of carboxylic acids is 1. The summed E-state index contributed by atoms with van der Waals surface area (Å²) in [7, 11) is 1.60. The Morgan fingerprint density at radius 3 is 2.68 bits per heavy atom. The first-order valence-electron chi connectivity index (χ1n) is 8.95. The third-order valence-corrected chi connectivity index (χ3v) is 5.84. The average molecular weight is 468 g/mol. The summed E-state index contributed by atoms with van der Waals surface area (Å²) in [5.74, 6) is 1.15. The molecule has 0 fully saturated rings. The topological polar surface area (TPSA) is 67.8 Å². The third-order valence-electron chi connectivity index (χ3n) is 4.45. The quantitative estimate of drug-likeness (QED) is 0.501. The van der Waals surface area contributed by atoms with Crippen LogP contribution in [0.1, 0.15) is 23.1 Å². The van der Waals surface area contributed by atoms with Crippen LogP contribution in [0.4, 0.5) is 0 Å². The molecule has 0 aliphatic rings. The molecule has 0 saturated heterocycles. The highest BCUT2D eigenvalue weighted by Crippen LogP contribution is 2.37. The molecule has 0 spiro atoms. The molecule has 2 N–H and O–H groups in total. The summed E-state index contributed by atoms with van der Waals surface area (Å²) in [6.45, 7) is 2.80. The van der Waals surface area contributed by atoms with E-state index in [9.17, 15) is 9.90 Å². The number of hydrogen-bond donors (Lipinski definition) is 2. The molecular weight excluding hydrogens is 442 g/mol. The lowest BCUT2D eigenvalue weighted by molar-refractivity contribution is -0.139. The molecule has 7 heteroatoms. The van der Waals surface area contributed by atoms with Gasteiger partial charge in [-0.3, -0.25) is 4.79 Å². The van der Waals surface area contributed by atoms with Crippen LogP contribution in [0.5, 0.6) is 11.5 Å². The largest absolute Gasteiger partial charge is 0.493 e. The first-order valence-corrected chi connectivity index (χ1v) is 11.1. The molecule has 0 saturated carbocycles. The Balaban J connectivity index is 2.22. The van der Waals surface area contributed by atoms with Crippen LogP contribution < -0.4 is 14.8 Å². The van der Waals surface area contributed by atoms with Gasteiger partial charge in [0, 0.05) is 16.6 Å². The summed E-state index contributed by atoms with van der Waals surface area (Å²) in [5, 5.41) is 12.6. The van der Waals surface area contributed by atoms with E-state index in [0.29, 0.717) is 31.1 Å². The fraction of sp³-hybridized carbons (Fsp3) is 0.381. The van der Waals surface area contributed by atoms with E-state index in [1.165, 1.54) is 0 Å². The molecule has 0 aromatic heterocycles. The standard InChI is InChI=1S/C21H26BrNO4S/c1-14-6-4-5-7-15(14)13-27-20-16(17(22)8-9-19(20)26-2)12-23-18(21(24)25)10-11-28-3/h4-9,18,23H,10-13H2,1-3H3,(H,24,25). The van der Waals surface area contributed by atoms with Crippen molar-refractivity contribution in [2.24, 2.45) is 0 Å². The van der Waals surface area contributed by atoms with E-state index in [2.05, 4.69) is 21.2 Å². The zero-order valence-corrected chi connectivity index (χ0v) is 18.7. The number of hydrogen-bond acceptors (Lipinski definition) is 5. The van der Waals surface area contributed by atoms with Gasteiger partial charge in [-0.05, 0) is 48.6 Å². The van der Waals surface area contributed by atoms with Crippen molar-refractivity contribution in [3.05, 3.63) is 57.6 Å². The van der Waals surface area contributed by atoms with Crippen molar-refractivity contribution in [1.29, 1.82) is 0 Å². The number of rotatable bonds is 11. The van der Waals surface area contributed by atoms with Crippen LogP contribution in [0.2, 0.25) is 0 Å². The number of benzene rings is 2. The molecule has 152 valence electrons. The van der Waals surface area contributed by atoms with E-state index in [-0.39, 0.29) is 0 Å². The van der Waals surface area contributed by atoms with Gasteiger partial charge in [0.2, 0.25) is 0 Å². The minimum Gasteiger partial charge on any atom is -0.493 e. The highest BCUT2D eigenvalue weighted by molar-refractivity contribution is 9.10. The summed E-state index contributed by atoms with van der Waals surface area (Å²) < 4.78 is 12.5. The minimum atomic E-state index is -0.851. The van der Waals surface area contributed by atoms with Crippen molar-refractivity contribution >= 4 is 33.7 Å². The molecule has 2 rings (SSSR count). The van der Waals surface area contributed by atoms with Gasteiger partial charge in [0.25, 0.3) is 0 Å². The van der Waals surface area contributed by atoms with Gasteiger partial charge in [-0.1, -0.05) is 40.2 Å². The van der Waals surface area contributed by atoms with E-state index in [0.717, 1.165) is 26.9 Å². The number of nitrogens with one attached hydrogen (secondary N) is 1. The van der Waals surface area contributed by atoms with Crippen molar-refractivity contribution < 1.29 is 19.4 Å². The molecule has 0 radical (unpaired) electrons. The maximum atomic E-state index is 11.5. The second-order valence-electron chi connectivity index (χ2n) is 6.33. The zero-order valence-electron chi connectivity index (χ0n) is 16.3. The van der Waals surface area contributed by atoms with E-state index in [1.54, 1.807) is 18.9 Å². The van der Waals surface area contributed by atoms with Crippen molar-refractivity contribution in [1.82, 2.24) is 5.32 Å². The van der Waals surface area contributed by atoms with Crippen LogP contribution in [-0.2, 0) is 17.9 Å². The molecule has 0 aliphatic heterocycles. The molecule has 0 aliphatic carbocycles. The van der Waals surface area contributed by atoms with Crippen LogP contribution in [0.25, 0.3) is 0 Å². The van der Waals surface area contributed by atoms with Gasteiger partial charge < -0.3 is 19.9 Å². The molecule has 1 atom stereocenters. The summed E-state index contributed by atoms with van der Waals surface area (Å²) in [6.07, 6.45) is 2.52. The lowest BCUT2D eigenvalue weighted by Crippen LogP contribution is -2.36. The molecular formula is C21H26BrNO4S. The zero-order chi connectivity index (χ0) is 20.5. The lowest BCUT2D eigenvalue weighted by Gasteiger charge is -2.20. The van der Waals surface area contributed by atoms with Crippen molar-refractivity contribution in [2.45, 2.75) is 32.5 Å². The van der Waals surface area contributed by atoms with Crippen molar-refractivity contribution in [3.8, 4) is 11.5 Å². The first-order chi connectivity index (χ1) is 13.5. The predicted molar refractivity (Wildman–Crippen MR) is 117 cm³/mol. The second-order valence-corrected chi connectivity index (χ2v) is 8.17. The third kappa shape index (κ3) is 6.15. The van der Waals surface area contributed by atoms with E-state index >= 15 is 0 Å². The van der Waals surface area contributed by atoms with Gasteiger partial charge in [-0.15, -0.1) is 0 Å². The summed E-state index contributed by atoms with van der Waals surface area (Å²) in [5.41, 5.74) is 3.08. The molecule has 2 aromatic carbocycles. The Morgan fingerprint density at radius 2 is 2.04 bits per heavy atom. The van der Waals surface area contributed by atoms with Gasteiger partial charge in [0.05, 0.1) is 7.11 Å². The fourth-order valence-electron chi connectivity index (χ4n) is 2.76. The fourth-order valence-corrected chi connectivity index (χ4v) is 3.69. The van der Waals surface area contributed by atoms with E-state index in [1.807, 2.05) is 49.6 Å². The van der Waals surface area contributed by atoms with Gasteiger partial charge in [-0.2, -0.15) is 11.8 Å².